The number of carbonyl (C=O) groups excluding carboxylic acids is 1. The molecule has 0 radical (unpaired) electrons. The average molecular weight is 319 g/mol. The molecule has 0 amide bonds. The van der Waals surface area contributed by atoms with Gasteiger partial charge < -0.3 is 10.1 Å². The number of nitrogens with one attached hydrogen (secondary N) is 1. The Labute approximate surface area is 104 Å². The molecule has 0 aliphatic heterocycles. The molecule has 0 aromatic heterocycles. The van der Waals surface area contributed by atoms with Crippen LogP contribution in [0.25, 0.3) is 0 Å². The molecule has 0 aliphatic rings. The van der Waals surface area contributed by atoms with Crippen molar-refractivity contribution < 1.29 is 9.53 Å². The molecular formula is C11H14INO2. The second-order valence-corrected chi connectivity index (χ2v) is 3.06. The van der Waals surface area contributed by atoms with Crippen molar-refractivity contribution in [3.8, 4) is 9.85 Å². The second-order valence-electron chi connectivity index (χ2n) is 2.52. The number of rotatable bonds is 6. The van der Waals surface area contributed by atoms with E-state index in [0.29, 0.717) is 6.54 Å². The van der Waals surface area contributed by atoms with Crippen molar-refractivity contribution in [1.82, 2.24) is 5.32 Å². The Bertz CT molecular complexity index is 287. The molecule has 0 heterocycles. The lowest BCUT2D eigenvalue weighted by atomic mass is 10.4. The fourth-order valence-corrected chi connectivity index (χ4v) is 0.866. The summed E-state index contributed by atoms with van der Waals surface area (Å²) >= 11 is 1.90. The zero-order valence-corrected chi connectivity index (χ0v) is 10.8. The highest BCUT2D eigenvalue weighted by atomic mass is 127. The van der Waals surface area contributed by atoms with Gasteiger partial charge in [-0.25, -0.2) is 0 Å². The van der Waals surface area contributed by atoms with Gasteiger partial charge in [0.1, 0.15) is 0 Å². The lowest BCUT2D eigenvalue weighted by molar-refractivity contribution is -0.141. The van der Waals surface area contributed by atoms with Gasteiger partial charge in [-0.1, -0.05) is 30.2 Å². The maximum atomic E-state index is 11.0. The van der Waals surface area contributed by atoms with E-state index in [1.807, 2.05) is 53.8 Å². The van der Waals surface area contributed by atoms with Crippen LogP contribution in [0.3, 0.4) is 0 Å². The second kappa shape index (κ2) is 11.3. The lowest BCUT2D eigenvalue weighted by Gasteiger charge is -2.00. The highest BCUT2D eigenvalue weighted by molar-refractivity contribution is 14.1. The molecule has 0 saturated carbocycles. The fraction of sp³-hybridized carbons (Fsp3) is 0.364. The van der Waals surface area contributed by atoms with E-state index in [1.54, 1.807) is 0 Å². The summed E-state index contributed by atoms with van der Waals surface area (Å²) in [5, 5.41) is 2.93. The molecule has 0 atom stereocenters. The van der Waals surface area contributed by atoms with Crippen LogP contribution < -0.4 is 5.32 Å². The van der Waals surface area contributed by atoms with Crippen molar-refractivity contribution in [3.63, 3.8) is 0 Å². The molecule has 3 nitrogen and oxygen atoms in total. The quantitative estimate of drug-likeness (QED) is 0.266. The first-order valence-corrected chi connectivity index (χ1v) is 5.61. The van der Waals surface area contributed by atoms with Crippen LogP contribution in [0.1, 0.15) is 6.92 Å². The summed E-state index contributed by atoms with van der Waals surface area (Å²) in [7, 11) is 0. The number of ether oxygens (including phenoxy) is 1. The topological polar surface area (TPSA) is 38.3 Å². The number of halogens is 1. The predicted molar refractivity (Wildman–Crippen MR) is 69.6 cm³/mol. The van der Waals surface area contributed by atoms with Crippen LogP contribution >= 0.6 is 22.6 Å². The van der Waals surface area contributed by atoms with Crippen LogP contribution in [0.4, 0.5) is 0 Å². The maximum Gasteiger partial charge on any atom is 0.320 e. The Kier molecular flexibility index (Phi) is 10.7. The summed E-state index contributed by atoms with van der Waals surface area (Å²) in [5.74, 6) is 2.36. The summed E-state index contributed by atoms with van der Waals surface area (Å²) in [6, 6.07) is 0. The molecule has 0 fully saturated rings. The number of carbonyl (C=O) groups is 1. The van der Waals surface area contributed by atoms with Gasteiger partial charge in [-0.15, -0.1) is 0 Å². The highest BCUT2D eigenvalue weighted by Crippen LogP contribution is 1.79. The predicted octanol–water partition coefficient (Wildman–Crippen LogP) is 1.65. The molecule has 0 bridgehead atoms. The van der Waals surface area contributed by atoms with Crippen LogP contribution in [-0.2, 0) is 9.53 Å². The van der Waals surface area contributed by atoms with Crippen molar-refractivity contribution in [1.29, 1.82) is 0 Å². The molecular weight excluding hydrogens is 305 g/mol. The minimum atomic E-state index is -0.284. The van der Waals surface area contributed by atoms with Crippen molar-refractivity contribution in [2.75, 3.05) is 19.7 Å². The monoisotopic (exact) mass is 319 g/mol. The molecule has 0 saturated heterocycles. The Morgan fingerprint density at radius 2 is 2.33 bits per heavy atom. The number of esters is 1. The van der Waals surface area contributed by atoms with Gasteiger partial charge in [-0.2, -0.15) is 0 Å². The molecule has 0 unspecified atom stereocenters. The molecule has 15 heavy (non-hydrogen) atoms. The Hall–Kier alpha value is -0.800. The van der Waals surface area contributed by atoms with Gasteiger partial charge in [0, 0.05) is 29.1 Å². The SMILES string of the molecule is CC=CC=CCNCC(=O)OCC#CI. The van der Waals surface area contributed by atoms with Crippen LogP contribution in [-0.4, -0.2) is 25.7 Å². The third-order valence-corrected chi connectivity index (χ3v) is 1.72. The maximum absolute atomic E-state index is 11.0. The first kappa shape index (κ1) is 14.2. The third-order valence-electron chi connectivity index (χ3n) is 1.34. The van der Waals surface area contributed by atoms with Gasteiger partial charge >= 0.3 is 5.97 Å². The zero-order chi connectivity index (χ0) is 11.4. The van der Waals surface area contributed by atoms with E-state index in [-0.39, 0.29) is 19.1 Å². The van der Waals surface area contributed by atoms with E-state index < -0.39 is 0 Å². The van der Waals surface area contributed by atoms with Gasteiger partial charge in [0.15, 0.2) is 6.61 Å². The van der Waals surface area contributed by atoms with E-state index in [1.165, 1.54) is 0 Å². The number of hydrogen-bond donors (Lipinski definition) is 1. The van der Waals surface area contributed by atoms with E-state index >= 15 is 0 Å². The van der Waals surface area contributed by atoms with Gasteiger partial charge in [0.2, 0.25) is 0 Å². The first-order chi connectivity index (χ1) is 7.31. The largest absolute Gasteiger partial charge is 0.452 e. The smallest absolute Gasteiger partial charge is 0.320 e. The van der Waals surface area contributed by atoms with Gasteiger partial charge in [-0.05, 0) is 10.9 Å². The molecule has 4 heteroatoms. The van der Waals surface area contributed by atoms with Crippen LogP contribution in [0.2, 0.25) is 0 Å². The van der Waals surface area contributed by atoms with Crippen LogP contribution in [0, 0.1) is 9.85 Å². The number of allylic oxidation sites excluding steroid dienone is 3. The van der Waals surface area contributed by atoms with Crippen LogP contribution in [0.15, 0.2) is 24.3 Å². The first-order valence-electron chi connectivity index (χ1n) is 4.54. The minimum Gasteiger partial charge on any atom is -0.452 e. The third kappa shape index (κ3) is 11.1. The minimum absolute atomic E-state index is 0.165. The summed E-state index contributed by atoms with van der Waals surface area (Å²) in [4.78, 5) is 11.0. The number of hydrogen-bond acceptors (Lipinski definition) is 3. The van der Waals surface area contributed by atoms with E-state index in [0.717, 1.165) is 0 Å². The molecule has 0 spiro atoms. The zero-order valence-electron chi connectivity index (χ0n) is 8.63. The summed E-state index contributed by atoms with van der Waals surface area (Å²) in [6.07, 6.45) is 7.71. The molecule has 0 rings (SSSR count). The Morgan fingerprint density at radius 3 is 3.00 bits per heavy atom. The van der Waals surface area contributed by atoms with Crippen molar-refractivity contribution in [2.24, 2.45) is 0 Å². The van der Waals surface area contributed by atoms with E-state index in [9.17, 15) is 4.79 Å². The molecule has 0 aromatic rings. The van der Waals surface area contributed by atoms with E-state index in [2.05, 4.69) is 15.2 Å². The molecule has 1 N–H and O–H groups in total. The fourth-order valence-electron chi connectivity index (χ4n) is 0.710. The highest BCUT2D eigenvalue weighted by Gasteiger charge is 1.98. The standard InChI is InChI=1S/C11H14INO2/c1-2-3-4-5-8-13-10-11(14)15-9-6-7-12/h2-5,13H,8-10H2,1H3. The van der Waals surface area contributed by atoms with E-state index in [4.69, 9.17) is 4.74 Å². The summed E-state index contributed by atoms with van der Waals surface area (Å²) in [5.41, 5.74) is 0. The van der Waals surface area contributed by atoms with Crippen molar-refractivity contribution in [3.05, 3.63) is 24.3 Å². The van der Waals surface area contributed by atoms with Crippen LogP contribution in [0.5, 0.6) is 0 Å². The van der Waals surface area contributed by atoms with Gasteiger partial charge in [-0.3, -0.25) is 4.79 Å². The normalized spacial score (nSPS) is 10.3. The van der Waals surface area contributed by atoms with Crippen molar-refractivity contribution in [2.45, 2.75) is 6.92 Å². The Balaban J connectivity index is 3.41. The summed E-state index contributed by atoms with van der Waals surface area (Å²) in [6.45, 7) is 2.97. The lowest BCUT2D eigenvalue weighted by Crippen LogP contribution is -2.24. The van der Waals surface area contributed by atoms with Crippen molar-refractivity contribution >= 4 is 28.6 Å². The van der Waals surface area contributed by atoms with Gasteiger partial charge in [0.05, 0.1) is 6.54 Å². The Morgan fingerprint density at radius 1 is 1.53 bits per heavy atom. The van der Waals surface area contributed by atoms with Gasteiger partial charge in [0.25, 0.3) is 0 Å². The summed E-state index contributed by atoms with van der Waals surface area (Å²) < 4.78 is 7.41. The molecule has 0 aromatic carbocycles. The molecule has 82 valence electrons. The average Bonchev–Trinajstić information content (AvgIpc) is 2.23. The molecule has 0 aliphatic carbocycles.